The van der Waals surface area contributed by atoms with Crippen LogP contribution in [0, 0.1) is 0 Å². The maximum absolute atomic E-state index is 12.3. The Morgan fingerprint density at radius 3 is 2.93 bits per heavy atom. The van der Waals surface area contributed by atoms with Crippen molar-refractivity contribution in [1.82, 2.24) is 14.9 Å². The zero-order valence-corrected chi connectivity index (χ0v) is 16.2. The van der Waals surface area contributed by atoms with Gasteiger partial charge in [-0.15, -0.1) is 0 Å². The molecule has 0 spiro atoms. The van der Waals surface area contributed by atoms with Gasteiger partial charge in [0.15, 0.2) is 0 Å². The molecule has 0 saturated heterocycles. The summed E-state index contributed by atoms with van der Waals surface area (Å²) in [5.74, 6) is -0.127. The Morgan fingerprint density at radius 1 is 1.30 bits per heavy atom. The van der Waals surface area contributed by atoms with Crippen LogP contribution in [0.3, 0.4) is 0 Å². The number of nitrogens with zero attached hydrogens (tertiary/aromatic N) is 2. The normalized spacial score (nSPS) is 16.8. The highest BCUT2D eigenvalue weighted by atomic mass is 35.5. The van der Waals surface area contributed by atoms with Crippen molar-refractivity contribution in [2.45, 2.75) is 12.5 Å². The van der Waals surface area contributed by atoms with Gasteiger partial charge in [0.2, 0.25) is 0 Å². The van der Waals surface area contributed by atoms with Crippen LogP contribution in [0.25, 0.3) is 0 Å². The Balaban J connectivity index is 1.67. The Morgan fingerprint density at radius 2 is 2.15 bits per heavy atom. The molecule has 2 heterocycles. The van der Waals surface area contributed by atoms with E-state index in [1.54, 1.807) is 12.3 Å². The molecule has 0 fully saturated rings. The first-order valence-corrected chi connectivity index (χ1v) is 9.33. The van der Waals surface area contributed by atoms with Gasteiger partial charge in [0, 0.05) is 40.9 Å². The van der Waals surface area contributed by atoms with Crippen LogP contribution in [0.1, 0.15) is 33.1 Å². The molecular formula is C20H18Cl2N4O. The van der Waals surface area contributed by atoms with Crippen LogP contribution in [-0.4, -0.2) is 34.4 Å². The van der Waals surface area contributed by atoms with Crippen molar-refractivity contribution in [3.05, 3.63) is 81.4 Å². The summed E-state index contributed by atoms with van der Waals surface area (Å²) in [6.07, 6.45) is 3.04. The highest BCUT2D eigenvalue weighted by Gasteiger charge is 2.27. The number of anilines is 1. The maximum Gasteiger partial charge on any atom is 0.275 e. The number of amides is 1. The number of carbonyl (C=O) groups excluding carboxylic acids is 1. The van der Waals surface area contributed by atoms with Gasteiger partial charge >= 0.3 is 0 Å². The number of H-pyrrole nitrogens is 1. The lowest BCUT2D eigenvalue weighted by Crippen LogP contribution is -2.31. The number of imidazole rings is 1. The second-order valence-electron chi connectivity index (χ2n) is 6.74. The van der Waals surface area contributed by atoms with Gasteiger partial charge < -0.3 is 15.2 Å². The molecule has 5 nitrogen and oxygen atoms in total. The van der Waals surface area contributed by atoms with E-state index in [0.29, 0.717) is 15.7 Å². The molecule has 1 atom stereocenters. The van der Waals surface area contributed by atoms with Crippen molar-refractivity contribution in [3.8, 4) is 0 Å². The van der Waals surface area contributed by atoms with Crippen LogP contribution in [-0.2, 0) is 6.54 Å². The van der Waals surface area contributed by atoms with Gasteiger partial charge in [-0.3, -0.25) is 4.79 Å². The number of carbonyl (C=O) groups is 1. The number of hydrogen-bond acceptors (Lipinski definition) is 3. The fraction of sp³-hybridized carbons (Fsp3) is 0.200. The van der Waals surface area contributed by atoms with Crippen LogP contribution in [0.15, 0.2) is 48.9 Å². The lowest BCUT2D eigenvalue weighted by atomic mass is 9.84. The summed E-state index contributed by atoms with van der Waals surface area (Å²) < 4.78 is 0. The quantitative estimate of drug-likeness (QED) is 0.677. The molecular weight excluding hydrogens is 383 g/mol. The number of hydrogen-bond donors (Lipinski definition) is 2. The molecule has 0 aliphatic carbocycles. The number of rotatable bonds is 3. The van der Waals surface area contributed by atoms with E-state index >= 15 is 0 Å². The number of aromatic amines is 1. The third-order valence-corrected chi connectivity index (χ3v) is 5.33. The molecule has 1 amide bonds. The molecule has 2 aromatic carbocycles. The number of fused-ring (bicyclic) bond motifs is 1. The van der Waals surface area contributed by atoms with Crippen LogP contribution >= 0.6 is 23.2 Å². The first-order chi connectivity index (χ1) is 13.0. The van der Waals surface area contributed by atoms with E-state index in [2.05, 4.69) is 33.3 Å². The highest BCUT2D eigenvalue weighted by Crippen LogP contribution is 2.38. The molecule has 3 aromatic rings. The standard InChI is InChI=1S/C20H18Cl2N4O/c1-26-9-16(15-6-13(21)7-18(22)17(15)10-26)12-3-2-4-14(5-12)25-20(27)19-8-23-11-24-19/h2-8,11,16H,9-10H2,1H3,(H,23,24)(H,25,27). The van der Waals surface area contributed by atoms with Gasteiger partial charge in [-0.25, -0.2) is 4.98 Å². The van der Waals surface area contributed by atoms with Gasteiger partial charge in [-0.2, -0.15) is 0 Å². The number of benzene rings is 2. The number of nitrogens with one attached hydrogen (secondary N) is 2. The first-order valence-electron chi connectivity index (χ1n) is 8.57. The van der Waals surface area contributed by atoms with E-state index in [4.69, 9.17) is 23.2 Å². The van der Waals surface area contributed by atoms with Gasteiger partial charge in [0.1, 0.15) is 5.69 Å². The van der Waals surface area contributed by atoms with E-state index in [1.165, 1.54) is 6.33 Å². The zero-order chi connectivity index (χ0) is 19.0. The predicted molar refractivity (Wildman–Crippen MR) is 108 cm³/mol. The Bertz CT molecular complexity index is 988. The lowest BCUT2D eigenvalue weighted by molar-refractivity contribution is 0.102. The van der Waals surface area contributed by atoms with Gasteiger partial charge in [0.25, 0.3) is 5.91 Å². The highest BCUT2D eigenvalue weighted by molar-refractivity contribution is 6.35. The van der Waals surface area contributed by atoms with Crippen molar-refractivity contribution < 1.29 is 4.79 Å². The predicted octanol–water partition coefficient (Wildman–Crippen LogP) is 4.55. The molecule has 0 bridgehead atoms. The SMILES string of the molecule is CN1Cc2c(Cl)cc(Cl)cc2C(c2cccc(NC(=O)c3c[nH]cn3)c2)C1. The van der Waals surface area contributed by atoms with Crippen LogP contribution in [0.2, 0.25) is 10.0 Å². The second kappa shape index (κ2) is 7.35. The lowest BCUT2D eigenvalue weighted by Gasteiger charge is -2.33. The average Bonchev–Trinajstić information content (AvgIpc) is 3.17. The van der Waals surface area contributed by atoms with Crippen molar-refractivity contribution in [3.63, 3.8) is 0 Å². The summed E-state index contributed by atoms with van der Waals surface area (Å²) in [7, 11) is 2.07. The molecule has 7 heteroatoms. The zero-order valence-electron chi connectivity index (χ0n) is 14.7. The topological polar surface area (TPSA) is 61.0 Å². The minimum absolute atomic E-state index is 0.122. The van der Waals surface area contributed by atoms with Gasteiger partial charge in [0.05, 0.1) is 6.33 Å². The van der Waals surface area contributed by atoms with Crippen LogP contribution < -0.4 is 5.32 Å². The summed E-state index contributed by atoms with van der Waals surface area (Å²) in [6, 6.07) is 11.6. The maximum atomic E-state index is 12.3. The fourth-order valence-corrected chi connectivity index (χ4v) is 4.11. The summed E-state index contributed by atoms with van der Waals surface area (Å²) in [5.41, 5.74) is 4.42. The second-order valence-corrected chi connectivity index (χ2v) is 7.58. The molecule has 1 aliphatic heterocycles. The summed E-state index contributed by atoms with van der Waals surface area (Å²) in [6.45, 7) is 1.64. The van der Waals surface area contributed by atoms with E-state index in [1.807, 2.05) is 24.3 Å². The fourth-order valence-electron chi connectivity index (χ4n) is 3.54. The minimum Gasteiger partial charge on any atom is -0.350 e. The minimum atomic E-state index is -0.249. The van der Waals surface area contributed by atoms with Gasteiger partial charge in [-0.1, -0.05) is 35.3 Å². The smallest absolute Gasteiger partial charge is 0.275 e. The molecule has 1 unspecified atom stereocenters. The van der Waals surface area contributed by atoms with Gasteiger partial charge in [-0.05, 0) is 48.0 Å². The van der Waals surface area contributed by atoms with E-state index in [-0.39, 0.29) is 11.8 Å². The Kier molecular flexibility index (Phi) is 4.91. The van der Waals surface area contributed by atoms with Crippen molar-refractivity contribution in [1.29, 1.82) is 0 Å². The van der Waals surface area contributed by atoms with Crippen molar-refractivity contribution in [2.24, 2.45) is 0 Å². The monoisotopic (exact) mass is 400 g/mol. The van der Waals surface area contributed by atoms with Crippen molar-refractivity contribution in [2.75, 3.05) is 18.9 Å². The summed E-state index contributed by atoms with van der Waals surface area (Å²) >= 11 is 12.7. The molecule has 0 saturated carbocycles. The number of likely N-dealkylation sites (N-methyl/N-ethyl adjacent to an activating group) is 1. The van der Waals surface area contributed by atoms with E-state index < -0.39 is 0 Å². The van der Waals surface area contributed by atoms with Crippen LogP contribution in [0.5, 0.6) is 0 Å². The summed E-state index contributed by atoms with van der Waals surface area (Å²) in [4.78, 5) is 21.3. The molecule has 138 valence electrons. The molecule has 1 aliphatic rings. The van der Waals surface area contributed by atoms with E-state index in [9.17, 15) is 4.79 Å². The first kappa shape index (κ1) is 18.0. The third-order valence-electron chi connectivity index (χ3n) is 4.77. The Labute approximate surface area is 167 Å². The molecule has 4 rings (SSSR count). The molecule has 1 aromatic heterocycles. The van der Waals surface area contributed by atoms with Crippen LogP contribution in [0.4, 0.5) is 5.69 Å². The number of halogens is 2. The van der Waals surface area contributed by atoms with Crippen molar-refractivity contribution >= 4 is 34.8 Å². The Hall–Kier alpha value is -2.34. The largest absolute Gasteiger partial charge is 0.350 e. The molecule has 2 N–H and O–H groups in total. The summed E-state index contributed by atoms with van der Waals surface area (Å²) in [5, 5.41) is 4.22. The average molecular weight is 401 g/mol. The molecule has 27 heavy (non-hydrogen) atoms. The van der Waals surface area contributed by atoms with E-state index in [0.717, 1.165) is 35.5 Å². The third kappa shape index (κ3) is 3.72. The molecule has 0 radical (unpaired) electrons. The number of aromatic nitrogens is 2.